The van der Waals surface area contributed by atoms with E-state index in [0.717, 1.165) is 19.6 Å². The molecule has 3 unspecified atom stereocenters. The highest BCUT2D eigenvalue weighted by molar-refractivity contribution is 5.80. The second-order valence-corrected chi connectivity index (χ2v) is 6.88. The molecule has 1 saturated heterocycles. The highest BCUT2D eigenvalue weighted by atomic mass is 16.5. The monoisotopic (exact) mass is 268 g/mol. The lowest BCUT2D eigenvalue weighted by molar-refractivity contribution is -0.149. The number of ether oxygens (including phenoxy) is 1. The van der Waals surface area contributed by atoms with Gasteiger partial charge >= 0.3 is 5.97 Å². The van der Waals surface area contributed by atoms with Crippen molar-refractivity contribution in [2.24, 2.45) is 11.8 Å². The minimum Gasteiger partial charge on any atom is -0.468 e. The first-order valence-electron chi connectivity index (χ1n) is 7.51. The van der Waals surface area contributed by atoms with Gasteiger partial charge in [-0.1, -0.05) is 13.8 Å². The summed E-state index contributed by atoms with van der Waals surface area (Å²) in [7, 11) is 1.48. The van der Waals surface area contributed by atoms with Gasteiger partial charge in [-0.2, -0.15) is 0 Å². The predicted octanol–water partition coefficient (Wildman–Crippen LogP) is 1.65. The third-order valence-corrected chi connectivity index (χ3v) is 4.22. The Morgan fingerprint density at radius 2 is 1.89 bits per heavy atom. The number of nitrogens with zero attached hydrogens (tertiary/aromatic N) is 1. The third-order valence-electron chi connectivity index (χ3n) is 4.22. The van der Waals surface area contributed by atoms with Crippen molar-refractivity contribution in [2.75, 3.05) is 26.7 Å². The summed E-state index contributed by atoms with van der Waals surface area (Å²) in [5.41, 5.74) is -0.563. The van der Waals surface area contributed by atoms with Gasteiger partial charge in [-0.05, 0) is 38.0 Å². The molecule has 2 fully saturated rings. The van der Waals surface area contributed by atoms with Crippen LogP contribution in [0.4, 0.5) is 0 Å². The lowest BCUT2D eigenvalue weighted by Gasteiger charge is -2.40. The molecule has 2 aliphatic rings. The van der Waals surface area contributed by atoms with Crippen molar-refractivity contribution in [1.29, 1.82) is 0 Å². The summed E-state index contributed by atoms with van der Waals surface area (Å²) in [4.78, 5) is 14.5. The van der Waals surface area contributed by atoms with E-state index in [0.29, 0.717) is 17.9 Å². The molecule has 4 heteroatoms. The largest absolute Gasteiger partial charge is 0.468 e. The highest BCUT2D eigenvalue weighted by Gasteiger charge is 2.41. The predicted molar refractivity (Wildman–Crippen MR) is 76.0 cm³/mol. The standard InChI is InChI=1S/C15H28N2O2/c1-11-7-12(2)9-17(8-11)10-15(3,14(18)19-4)16-13-5-6-13/h11-13,16H,5-10H2,1-4H3. The summed E-state index contributed by atoms with van der Waals surface area (Å²) in [6, 6.07) is 0.503. The molecule has 1 heterocycles. The van der Waals surface area contributed by atoms with E-state index >= 15 is 0 Å². The zero-order valence-corrected chi connectivity index (χ0v) is 12.7. The molecule has 0 bridgehead atoms. The van der Waals surface area contributed by atoms with Crippen molar-refractivity contribution in [3.63, 3.8) is 0 Å². The van der Waals surface area contributed by atoms with E-state index in [2.05, 4.69) is 24.1 Å². The smallest absolute Gasteiger partial charge is 0.327 e. The first-order valence-corrected chi connectivity index (χ1v) is 7.51. The second-order valence-electron chi connectivity index (χ2n) is 6.88. The second kappa shape index (κ2) is 5.80. The van der Waals surface area contributed by atoms with Gasteiger partial charge < -0.3 is 9.64 Å². The summed E-state index contributed by atoms with van der Waals surface area (Å²) in [6.45, 7) is 9.51. The van der Waals surface area contributed by atoms with E-state index in [1.54, 1.807) is 0 Å². The molecular formula is C15H28N2O2. The molecule has 1 aliphatic carbocycles. The van der Waals surface area contributed by atoms with Gasteiger partial charge in [0, 0.05) is 25.7 Å². The molecule has 4 nitrogen and oxygen atoms in total. The van der Waals surface area contributed by atoms with Crippen molar-refractivity contribution in [1.82, 2.24) is 10.2 Å². The molecule has 0 spiro atoms. The number of carbonyl (C=O) groups excluding carboxylic acids is 1. The van der Waals surface area contributed by atoms with Crippen LogP contribution in [0.2, 0.25) is 0 Å². The molecule has 0 amide bonds. The van der Waals surface area contributed by atoms with Crippen molar-refractivity contribution in [2.45, 2.75) is 51.6 Å². The van der Waals surface area contributed by atoms with Gasteiger partial charge in [0.1, 0.15) is 5.54 Å². The molecule has 0 radical (unpaired) electrons. The molecule has 2 rings (SSSR count). The topological polar surface area (TPSA) is 41.6 Å². The lowest BCUT2D eigenvalue weighted by Crippen LogP contribution is -2.59. The van der Waals surface area contributed by atoms with Crippen LogP contribution in [-0.4, -0.2) is 49.2 Å². The van der Waals surface area contributed by atoms with E-state index < -0.39 is 5.54 Å². The van der Waals surface area contributed by atoms with Crippen molar-refractivity contribution in [3.05, 3.63) is 0 Å². The molecule has 1 N–H and O–H groups in total. The Kier molecular flexibility index (Phi) is 4.51. The summed E-state index contributed by atoms with van der Waals surface area (Å²) in [6.07, 6.45) is 3.65. The normalized spacial score (nSPS) is 31.8. The molecule has 0 aromatic carbocycles. The first-order chi connectivity index (χ1) is 8.93. The maximum Gasteiger partial charge on any atom is 0.327 e. The molecule has 110 valence electrons. The Morgan fingerprint density at radius 3 is 2.37 bits per heavy atom. The number of methoxy groups -OCH3 is 1. The van der Waals surface area contributed by atoms with E-state index in [-0.39, 0.29) is 5.97 Å². The van der Waals surface area contributed by atoms with Crippen LogP contribution in [0.3, 0.4) is 0 Å². The molecule has 1 saturated carbocycles. The van der Waals surface area contributed by atoms with E-state index in [1.165, 1.54) is 26.4 Å². The van der Waals surface area contributed by atoms with Crippen LogP contribution in [0.15, 0.2) is 0 Å². The Bertz CT molecular complexity index is 320. The maximum absolute atomic E-state index is 12.1. The lowest BCUT2D eigenvalue weighted by atomic mass is 9.90. The summed E-state index contributed by atoms with van der Waals surface area (Å²) < 4.78 is 5.01. The van der Waals surface area contributed by atoms with Gasteiger partial charge in [0.2, 0.25) is 0 Å². The molecule has 3 atom stereocenters. The zero-order valence-electron chi connectivity index (χ0n) is 12.7. The van der Waals surface area contributed by atoms with Crippen LogP contribution in [0.1, 0.15) is 40.0 Å². The molecular weight excluding hydrogens is 240 g/mol. The van der Waals surface area contributed by atoms with Crippen LogP contribution < -0.4 is 5.32 Å². The Morgan fingerprint density at radius 1 is 1.32 bits per heavy atom. The van der Waals surface area contributed by atoms with E-state index in [9.17, 15) is 4.79 Å². The Hall–Kier alpha value is -0.610. The number of hydrogen-bond acceptors (Lipinski definition) is 4. The van der Waals surface area contributed by atoms with Gasteiger partial charge in [0.05, 0.1) is 7.11 Å². The fourth-order valence-electron chi connectivity index (χ4n) is 3.44. The number of esters is 1. The molecule has 0 aromatic rings. The van der Waals surface area contributed by atoms with Crippen LogP contribution >= 0.6 is 0 Å². The van der Waals surface area contributed by atoms with Gasteiger partial charge in [0.15, 0.2) is 0 Å². The minimum absolute atomic E-state index is 0.134. The third kappa shape index (κ3) is 3.93. The average Bonchev–Trinajstić information content (AvgIpc) is 3.09. The molecule has 0 aromatic heterocycles. The van der Waals surface area contributed by atoms with Gasteiger partial charge in [0.25, 0.3) is 0 Å². The number of rotatable bonds is 5. The van der Waals surface area contributed by atoms with Gasteiger partial charge in [-0.3, -0.25) is 10.1 Å². The Balaban J connectivity index is 2.00. The number of carbonyl (C=O) groups is 1. The van der Waals surface area contributed by atoms with E-state index in [4.69, 9.17) is 4.74 Å². The van der Waals surface area contributed by atoms with Crippen LogP contribution in [0, 0.1) is 11.8 Å². The van der Waals surface area contributed by atoms with Gasteiger partial charge in [-0.15, -0.1) is 0 Å². The molecule has 1 aliphatic heterocycles. The SMILES string of the molecule is COC(=O)C(C)(CN1CC(C)CC(C)C1)NC1CC1. The van der Waals surface area contributed by atoms with Crippen LogP contribution in [0.25, 0.3) is 0 Å². The summed E-state index contributed by atoms with van der Waals surface area (Å²) >= 11 is 0. The fraction of sp³-hybridized carbons (Fsp3) is 0.933. The zero-order chi connectivity index (χ0) is 14.0. The van der Waals surface area contributed by atoms with Gasteiger partial charge in [-0.25, -0.2) is 0 Å². The number of piperidine rings is 1. The number of likely N-dealkylation sites (tertiary alicyclic amines) is 1. The van der Waals surface area contributed by atoms with Crippen LogP contribution in [0.5, 0.6) is 0 Å². The summed E-state index contributed by atoms with van der Waals surface area (Å²) in [5.74, 6) is 1.29. The average molecular weight is 268 g/mol. The number of nitrogens with one attached hydrogen (secondary N) is 1. The molecule has 19 heavy (non-hydrogen) atoms. The quantitative estimate of drug-likeness (QED) is 0.770. The van der Waals surface area contributed by atoms with Crippen molar-refractivity contribution >= 4 is 5.97 Å². The Labute approximate surface area is 116 Å². The van der Waals surface area contributed by atoms with Crippen molar-refractivity contribution in [3.8, 4) is 0 Å². The van der Waals surface area contributed by atoms with Crippen molar-refractivity contribution < 1.29 is 9.53 Å². The highest BCUT2D eigenvalue weighted by Crippen LogP contribution is 2.26. The number of hydrogen-bond donors (Lipinski definition) is 1. The first kappa shape index (κ1) is 14.8. The maximum atomic E-state index is 12.1. The fourth-order valence-corrected chi connectivity index (χ4v) is 3.44. The van der Waals surface area contributed by atoms with Crippen LogP contribution in [-0.2, 0) is 9.53 Å². The minimum atomic E-state index is -0.563. The summed E-state index contributed by atoms with van der Waals surface area (Å²) in [5, 5.41) is 3.48. The van der Waals surface area contributed by atoms with E-state index in [1.807, 2.05) is 6.92 Å².